The Kier molecular flexibility index (Phi) is 11.6. The molecule has 0 aliphatic carbocycles. The van der Waals surface area contributed by atoms with Crippen LogP contribution in [0.2, 0.25) is 0 Å². The third-order valence-electron chi connectivity index (χ3n) is 5.76. The van der Waals surface area contributed by atoms with Gasteiger partial charge in [-0.3, -0.25) is 4.57 Å². The van der Waals surface area contributed by atoms with Crippen LogP contribution in [0.1, 0.15) is 16.7 Å². The van der Waals surface area contributed by atoms with Crippen molar-refractivity contribution >= 4 is 13.6 Å². The van der Waals surface area contributed by atoms with Gasteiger partial charge in [-0.2, -0.15) is 0 Å². The first-order valence-electron chi connectivity index (χ1n) is 12.2. The summed E-state index contributed by atoms with van der Waals surface area (Å²) < 4.78 is 29.6. The molecule has 3 aromatic rings. The Morgan fingerprint density at radius 2 is 1.18 bits per heavy atom. The predicted octanol–water partition coefficient (Wildman–Crippen LogP) is 2.84. The lowest BCUT2D eigenvalue weighted by molar-refractivity contribution is -0.171. The maximum Gasteiger partial charge on any atom is 0.338 e. The number of rotatable bonds is 15. The Morgan fingerprint density at radius 3 is 1.74 bits per heavy atom. The molecule has 5 atom stereocenters. The Balaban J connectivity index is 1.56. The summed E-state index contributed by atoms with van der Waals surface area (Å²) >= 11 is 0. The number of aliphatic hydroxyl groups excluding tert-OH is 4. The van der Waals surface area contributed by atoms with Gasteiger partial charge in [0, 0.05) is 0 Å². The van der Waals surface area contributed by atoms with E-state index in [4.69, 9.17) is 13.8 Å². The first kappa shape index (κ1) is 29.7. The van der Waals surface area contributed by atoms with E-state index >= 15 is 0 Å². The van der Waals surface area contributed by atoms with E-state index in [2.05, 4.69) is 0 Å². The Hall–Kier alpha value is -2.88. The fourth-order valence-corrected chi connectivity index (χ4v) is 5.07. The second-order valence-corrected chi connectivity index (χ2v) is 10.9. The Bertz CT molecular complexity index is 1100. The topological polar surface area (TPSA) is 143 Å². The van der Waals surface area contributed by atoms with E-state index in [1.54, 1.807) is 42.5 Å². The number of ether oxygens (including phenoxy) is 1. The van der Waals surface area contributed by atoms with Gasteiger partial charge in [0.15, 0.2) is 6.10 Å². The summed E-state index contributed by atoms with van der Waals surface area (Å²) in [5.74, 6) is -1.17. The Labute approximate surface area is 221 Å². The van der Waals surface area contributed by atoms with Crippen molar-refractivity contribution in [3.8, 4) is 0 Å². The first-order chi connectivity index (χ1) is 18.3. The quantitative estimate of drug-likeness (QED) is 0.168. The van der Waals surface area contributed by atoms with Crippen LogP contribution in [0.25, 0.3) is 0 Å². The van der Waals surface area contributed by atoms with Gasteiger partial charge >= 0.3 is 13.6 Å². The van der Waals surface area contributed by atoms with E-state index in [1.165, 1.54) is 0 Å². The third kappa shape index (κ3) is 9.45. The van der Waals surface area contributed by atoms with Crippen molar-refractivity contribution in [2.75, 3.05) is 12.8 Å². The number of aliphatic hydroxyl groups is 4. The zero-order valence-electron chi connectivity index (χ0n) is 20.8. The highest BCUT2D eigenvalue weighted by atomic mass is 31.2. The van der Waals surface area contributed by atoms with Crippen LogP contribution in [0.5, 0.6) is 0 Å². The average molecular weight is 545 g/mol. The molecule has 0 saturated carbocycles. The minimum absolute atomic E-state index is 0.000149. The van der Waals surface area contributed by atoms with Gasteiger partial charge in [-0.1, -0.05) is 91.0 Å². The lowest BCUT2D eigenvalue weighted by Crippen LogP contribution is -2.49. The SMILES string of the molecule is O=C(OCc1ccccc1)[C@H](O)[C@@H](O)[C@H](O)[C@H](O)COP(=O)(CCc1ccccc1)OCc1ccccc1. The maximum atomic E-state index is 13.5. The lowest BCUT2D eigenvalue weighted by Gasteiger charge is -2.27. The van der Waals surface area contributed by atoms with Crippen LogP contribution in [0.3, 0.4) is 0 Å². The van der Waals surface area contributed by atoms with Crippen LogP contribution in [0, 0.1) is 0 Å². The first-order valence-corrected chi connectivity index (χ1v) is 13.9. The second-order valence-electron chi connectivity index (χ2n) is 8.71. The van der Waals surface area contributed by atoms with Crippen LogP contribution in [0.15, 0.2) is 91.0 Å². The molecule has 0 bridgehead atoms. The van der Waals surface area contributed by atoms with E-state index in [0.717, 1.165) is 11.1 Å². The number of aryl methyl sites for hydroxylation is 1. The molecule has 38 heavy (non-hydrogen) atoms. The van der Waals surface area contributed by atoms with Gasteiger partial charge in [-0.25, -0.2) is 4.79 Å². The summed E-state index contributed by atoms with van der Waals surface area (Å²) in [6, 6.07) is 27.1. The molecule has 4 N–H and O–H groups in total. The van der Waals surface area contributed by atoms with Crippen molar-refractivity contribution in [2.45, 2.75) is 44.1 Å². The number of esters is 1. The molecule has 0 radical (unpaired) electrons. The van der Waals surface area contributed by atoms with Gasteiger partial charge in [-0.05, 0) is 23.1 Å². The normalized spacial score (nSPS) is 16.1. The summed E-state index contributed by atoms with van der Waals surface area (Å²) in [5, 5.41) is 41.1. The van der Waals surface area contributed by atoms with Crippen LogP contribution in [-0.4, -0.2) is 63.6 Å². The third-order valence-corrected chi connectivity index (χ3v) is 7.60. The molecule has 0 aromatic heterocycles. The predicted molar refractivity (Wildman–Crippen MR) is 140 cm³/mol. The minimum atomic E-state index is -3.77. The van der Waals surface area contributed by atoms with E-state index in [9.17, 15) is 29.8 Å². The molecule has 1 unspecified atom stereocenters. The molecule has 0 aliphatic heterocycles. The second kappa shape index (κ2) is 14.9. The van der Waals surface area contributed by atoms with Gasteiger partial charge < -0.3 is 34.2 Å². The van der Waals surface area contributed by atoms with Crippen molar-refractivity contribution in [3.05, 3.63) is 108 Å². The Morgan fingerprint density at radius 1 is 0.684 bits per heavy atom. The molecule has 3 rings (SSSR count). The number of hydrogen-bond donors (Lipinski definition) is 4. The maximum absolute atomic E-state index is 13.5. The van der Waals surface area contributed by atoms with Crippen molar-refractivity contribution in [1.29, 1.82) is 0 Å². The number of carbonyl (C=O) groups excluding carboxylic acids is 1. The molecular weight excluding hydrogens is 511 g/mol. The smallest absolute Gasteiger partial charge is 0.338 e. The van der Waals surface area contributed by atoms with Crippen LogP contribution in [-0.2, 0) is 42.8 Å². The zero-order valence-corrected chi connectivity index (χ0v) is 21.7. The van der Waals surface area contributed by atoms with E-state index in [1.807, 2.05) is 48.5 Å². The lowest BCUT2D eigenvalue weighted by atomic mass is 10.0. The van der Waals surface area contributed by atoms with Gasteiger partial charge in [-0.15, -0.1) is 0 Å². The highest BCUT2D eigenvalue weighted by Crippen LogP contribution is 2.49. The standard InChI is InChI=1S/C28H33O9P/c29-24(25(30)26(31)27(32)28(33)35-18-22-12-6-2-7-13-22)20-37-38(34,17-16-21-10-4-1-5-11-21)36-19-23-14-8-3-9-15-23/h1-15,24-27,29-32H,16-20H2/t24-,25-,26+,27-,38?/m1/s1. The largest absolute Gasteiger partial charge is 0.459 e. The number of carbonyl (C=O) groups is 1. The summed E-state index contributed by atoms with van der Waals surface area (Å²) in [4.78, 5) is 12.1. The summed E-state index contributed by atoms with van der Waals surface area (Å²) in [6.45, 7) is -0.820. The van der Waals surface area contributed by atoms with Crippen LogP contribution < -0.4 is 0 Å². The van der Waals surface area contributed by atoms with Crippen LogP contribution >= 0.6 is 7.60 Å². The highest BCUT2D eigenvalue weighted by molar-refractivity contribution is 7.53. The molecule has 10 heteroatoms. The van der Waals surface area contributed by atoms with Crippen molar-refractivity contribution in [1.82, 2.24) is 0 Å². The molecule has 0 fully saturated rings. The fraction of sp³-hybridized carbons (Fsp3) is 0.321. The highest BCUT2D eigenvalue weighted by Gasteiger charge is 2.37. The molecule has 0 amide bonds. The summed E-state index contributed by atoms with van der Waals surface area (Å²) in [6.07, 6.45) is -7.60. The molecular formula is C28H33O9P. The summed E-state index contributed by atoms with van der Waals surface area (Å²) in [7, 11) is -3.77. The van der Waals surface area contributed by atoms with Crippen molar-refractivity contribution in [2.24, 2.45) is 0 Å². The summed E-state index contributed by atoms with van der Waals surface area (Å²) in [5.41, 5.74) is 2.34. The molecule has 3 aromatic carbocycles. The van der Waals surface area contributed by atoms with E-state index in [0.29, 0.717) is 12.0 Å². The number of hydrogen-bond acceptors (Lipinski definition) is 9. The molecule has 0 heterocycles. The van der Waals surface area contributed by atoms with Gasteiger partial charge in [0.05, 0.1) is 19.4 Å². The minimum Gasteiger partial charge on any atom is -0.459 e. The van der Waals surface area contributed by atoms with Crippen molar-refractivity contribution in [3.63, 3.8) is 0 Å². The van der Waals surface area contributed by atoms with Gasteiger partial charge in [0.2, 0.25) is 0 Å². The molecule has 0 aliphatic rings. The molecule has 0 spiro atoms. The monoisotopic (exact) mass is 544 g/mol. The van der Waals surface area contributed by atoms with Gasteiger partial charge in [0.25, 0.3) is 0 Å². The molecule has 9 nitrogen and oxygen atoms in total. The fourth-order valence-electron chi connectivity index (χ4n) is 3.48. The zero-order chi connectivity index (χ0) is 27.4. The van der Waals surface area contributed by atoms with Crippen LogP contribution in [0.4, 0.5) is 0 Å². The average Bonchev–Trinajstić information content (AvgIpc) is 2.97. The van der Waals surface area contributed by atoms with Gasteiger partial charge in [0.1, 0.15) is 24.9 Å². The molecule has 204 valence electrons. The molecule has 0 saturated heterocycles. The van der Waals surface area contributed by atoms with E-state index < -0.39 is 44.6 Å². The number of benzene rings is 3. The van der Waals surface area contributed by atoms with E-state index in [-0.39, 0.29) is 19.4 Å². The van der Waals surface area contributed by atoms with Crippen molar-refractivity contribution < 1.29 is 43.6 Å².